The second-order valence-electron chi connectivity index (χ2n) is 4.46. The predicted molar refractivity (Wildman–Crippen MR) is 85.6 cm³/mol. The van der Waals surface area contributed by atoms with Crippen LogP contribution in [-0.4, -0.2) is 12.1 Å². The van der Waals surface area contributed by atoms with Gasteiger partial charge in [-0.25, -0.2) is 4.98 Å². The van der Waals surface area contributed by atoms with Crippen molar-refractivity contribution in [3.8, 4) is 5.75 Å². The molecule has 0 saturated carbocycles. The molecule has 0 bridgehead atoms. The van der Waals surface area contributed by atoms with Crippen LogP contribution < -0.4 is 10.1 Å². The number of nitrogens with one attached hydrogen (secondary N) is 1. The summed E-state index contributed by atoms with van der Waals surface area (Å²) in [6.07, 6.45) is 0. The third-order valence-electron chi connectivity index (χ3n) is 2.95. The second kappa shape index (κ2) is 5.31. The first-order valence-electron chi connectivity index (χ1n) is 6.13. The molecule has 20 heavy (non-hydrogen) atoms. The minimum atomic E-state index is 0.595. The number of nitrogens with zero attached hydrogens (tertiary/aromatic N) is 1. The van der Waals surface area contributed by atoms with Crippen molar-refractivity contribution >= 4 is 44.0 Å². The minimum absolute atomic E-state index is 0.595. The van der Waals surface area contributed by atoms with E-state index in [4.69, 9.17) is 16.3 Å². The molecule has 0 fully saturated rings. The lowest BCUT2D eigenvalue weighted by Gasteiger charge is -2.06. The molecule has 3 aromatic rings. The fourth-order valence-electron chi connectivity index (χ4n) is 1.95. The first-order chi connectivity index (χ1) is 9.65. The quantitative estimate of drug-likeness (QED) is 0.738. The number of aryl methyl sites for hydroxylation is 1. The van der Waals surface area contributed by atoms with Crippen LogP contribution in [0.1, 0.15) is 5.56 Å². The maximum absolute atomic E-state index is 6.02. The van der Waals surface area contributed by atoms with Crippen molar-refractivity contribution in [2.24, 2.45) is 0 Å². The summed E-state index contributed by atoms with van der Waals surface area (Å²) in [5.41, 5.74) is 3.13. The van der Waals surface area contributed by atoms with Crippen molar-refractivity contribution in [2.45, 2.75) is 6.92 Å². The summed E-state index contributed by atoms with van der Waals surface area (Å²) >= 11 is 7.64. The summed E-state index contributed by atoms with van der Waals surface area (Å²) in [4.78, 5) is 4.58. The van der Waals surface area contributed by atoms with Crippen LogP contribution in [0.5, 0.6) is 5.75 Å². The van der Waals surface area contributed by atoms with E-state index in [0.29, 0.717) is 10.8 Å². The number of anilines is 2. The largest absolute Gasteiger partial charge is 0.495 e. The van der Waals surface area contributed by atoms with Gasteiger partial charge in [0, 0.05) is 11.8 Å². The van der Waals surface area contributed by atoms with Gasteiger partial charge in [-0.2, -0.15) is 0 Å². The van der Waals surface area contributed by atoms with Gasteiger partial charge >= 0.3 is 0 Å². The van der Waals surface area contributed by atoms with E-state index in [9.17, 15) is 0 Å². The normalized spacial score (nSPS) is 10.8. The standard InChI is InChI=1S/C15H13ClN2OS/c1-9-3-6-14-12(7-9)18-15(20-14)17-10-4-5-11(16)13(8-10)19-2/h3-8H,1-2H3,(H,17,18). The van der Waals surface area contributed by atoms with E-state index in [0.717, 1.165) is 16.3 Å². The zero-order valence-electron chi connectivity index (χ0n) is 11.1. The number of aromatic nitrogens is 1. The Hall–Kier alpha value is -1.78. The van der Waals surface area contributed by atoms with Gasteiger partial charge in [0.1, 0.15) is 5.75 Å². The van der Waals surface area contributed by atoms with Crippen molar-refractivity contribution in [1.82, 2.24) is 4.98 Å². The zero-order chi connectivity index (χ0) is 14.1. The minimum Gasteiger partial charge on any atom is -0.495 e. The Morgan fingerprint density at radius 3 is 2.85 bits per heavy atom. The number of ether oxygens (including phenoxy) is 1. The van der Waals surface area contributed by atoms with Gasteiger partial charge in [-0.15, -0.1) is 0 Å². The van der Waals surface area contributed by atoms with E-state index < -0.39 is 0 Å². The van der Waals surface area contributed by atoms with Crippen LogP contribution in [0.3, 0.4) is 0 Å². The number of hydrogen-bond donors (Lipinski definition) is 1. The molecule has 3 rings (SSSR count). The van der Waals surface area contributed by atoms with Crippen molar-refractivity contribution < 1.29 is 4.74 Å². The Balaban J connectivity index is 1.92. The number of methoxy groups -OCH3 is 1. The molecular formula is C15H13ClN2OS. The van der Waals surface area contributed by atoms with Crippen LogP contribution in [0.25, 0.3) is 10.2 Å². The molecule has 0 amide bonds. The maximum atomic E-state index is 6.02. The van der Waals surface area contributed by atoms with Crippen molar-refractivity contribution in [3.63, 3.8) is 0 Å². The van der Waals surface area contributed by atoms with Crippen LogP contribution in [0.4, 0.5) is 10.8 Å². The van der Waals surface area contributed by atoms with E-state index in [1.165, 1.54) is 10.3 Å². The lowest BCUT2D eigenvalue weighted by Crippen LogP contribution is -1.91. The first-order valence-corrected chi connectivity index (χ1v) is 7.33. The van der Waals surface area contributed by atoms with Crippen LogP contribution >= 0.6 is 22.9 Å². The van der Waals surface area contributed by atoms with Crippen molar-refractivity contribution in [3.05, 3.63) is 47.0 Å². The lowest BCUT2D eigenvalue weighted by atomic mass is 10.2. The van der Waals surface area contributed by atoms with Gasteiger partial charge in [0.15, 0.2) is 5.13 Å². The Bertz CT molecular complexity index is 770. The third-order valence-corrected chi connectivity index (χ3v) is 4.21. The molecule has 1 N–H and O–H groups in total. The highest BCUT2D eigenvalue weighted by Gasteiger charge is 2.06. The predicted octanol–water partition coefficient (Wildman–Crippen LogP) is 5.01. The average Bonchev–Trinajstić information content (AvgIpc) is 2.82. The van der Waals surface area contributed by atoms with E-state index in [1.54, 1.807) is 24.5 Å². The first kappa shape index (κ1) is 13.2. The van der Waals surface area contributed by atoms with Gasteiger partial charge in [0.25, 0.3) is 0 Å². The van der Waals surface area contributed by atoms with Crippen LogP contribution in [0, 0.1) is 6.92 Å². The molecule has 1 heterocycles. The van der Waals surface area contributed by atoms with Gasteiger partial charge < -0.3 is 10.1 Å². The summed E-state index contributed by atoms with van der Waals surface area (Å²) in [5, 5.41) is 4.74. The number of hydrogen-bond acceptors (Lipinski definition) is 4. The third kappa shape index (κ3) is 2.57. The number of benzene rings is 2. The molecule has 0 atom stereocenters. The molecular weight excluding hydrogens is 292 g/mol. The van der Waals surface area contributed by atoms with Crippen LogP contribution in [-0.2, 0) is 0 Å². The molecule has 0 spiro atoms. The fraction of sp³-hybridized carbons (Fsp3) is 0.133. The monoisotopic (exact) mass is 304 g/mol. The second-order valence-corrected chi connectivity index (χ2v) is 5.90. The molecule has 0 unspecified atom stereocenters. The molecule has 5 heteroatoms. The molecule has 0 radical (unpaired) electrons. The zero-order valence-corrected chi connectivity index (χ0v) is 12.7. The topological polar surface area (TPSA) is 34.1 Å². The summed E-state index contributed by atoms with van der Waals surface area (Å²) < 4.78 is 6.37. The van der Waals surface area contributed by atoms with Crippen LogP contribution in [0.2, 0.25) is 5.02 Å². The number of fused-ring (bicyclic) bond motifs is 1. The Labute approximate surface area is 126 Å². The summed E-state index contributed by atoms with van der Waals surface area (Å²) in [7, 11) is 1.60. The van der Waals surface area contributed by atoms with E-state index >= 15 is 0 Å². The Kier molecular flexibility index (Phi) is 3.51. The van der Waals surface area contributed by atoms with Gasteiger partial charge in [0.05, 0.1) is 22.3 Å². The number of halogens is 1. The number of thiazole rings is 1. The molecule has 1 aromatic heterocycles. The van der Waals surface area contributed by atoms with Gasteiger partial charge in [-0.1, -0.05) is 29.0 Å². The molecule has 2 aromatic carbocycles. The molecule has 102 valence electrons. The molecule has 0 aliphatic heterocycles. The van der Waals surface area contributed by atoms with E-state index in [2.05, 4.69) is 35.4 Å². The van der Waals surface area contributed by atoms with E-state index in [-0.39, 0.29) is 0 Å². The van der Waals surface area contributed by atoms with E-state index in [1.807, 2.05) is 12.1 Å². The lowest BCUT2D eigenvalue weighted by molar-refractivity contribution is 0.415. The summed E-state index contributed by atoms with van der Waals surface area (Å²) in [6.45, 7) is 2.07. The highest BCUT2D eigenvalue weighted by Crippen LogP contribution is 2.32. The van der Waals surface area contributed by atoms with Crippen molar-refractivity contribution in [2.75, 3.05) is 12.4 Å². The Morgan fingerprint density at radius 1 is 1.20 bits per heavy atom. The van der Waals surface area contributed by atoms with Gasteiger partial charge in [-0.3, -0.25) is 0 Å². The molecule has 0 aliphatic rings. The van der Waals surface area contributed by atoms with Gasteiger partial charge in [0.2, 0.25) is 0 Å². The highest BCUT2D eigenvalue weighted by atomic mass is 35.5. The summed E-state index contributed by atoms with van der Waals surface area (Å²) in [5.74, 6) is 0.647. The maximum Gasteiger partial charge on any atom is 0.188 e. The molecule has 0 saturated heterocycles. The number of rotatable bonds is 3. The van der Waals surface area contributed by atoms with Crippen LogP contribution in [0.15, 0.2) is 36.4 Å². The smallest absolute Gasteiger partial charge is 0.188 e. The fourth-order valence-corrected chi connectivity index (χ4v) is 3.01. The summed E-state index contributed by atoms with van der Waals surface area (Å²) in [6, 6.07) is 11.8. The highest BCUT2D eigenvalue weighted by molar-refractivity contribution is 7.22. The molecule has 0 aliphatic carbocycles. The van der Waals surface area contributed by atoms with Gasteiger partial charge in [-0.05, 0) is 36.8 Å². The average molecular weight is 305 g/mol. The Morgan fingerprint density at radius 2 is 2.05 bits per heavy atom. The van der Waals surface area contributed by atoms with Crippen molar-refractivity contribution in [1.29, 1.82) is 0 Å². The molecule has 3 nitrogen and oxygen atoms in total. The SMILES string of the molecule is COc1cc(Nc2nc3cc(C)ccc3s2)ccc1Cl.